The summed E-state index contributed by atoms with van der Waals surface area (Å²) < 4.78 is 0. The van der Waals surface area contributed by atoms with Crippen LogP contribution in [0.5, 0.6) is 0 Å². The second-order valence-corrected chi connectivity index (χ2v) is 8.25. The predicted octanol–water partition coefficient (Wildman–Crippen LogP) is 5.57. The highest BCUT2D eigenvalue weighted by molar-refractivity contribution is 5.85. The van der Waals surface area contributed by atoms with Gasteiger partial charge in [0.1, 0.15) is 5.78 Å². The molecule has 2 aliphatic rings. The zero-order chi connectivity index (χ0) is 15.8. The monoisotopic (exact) mass is 288 g/mol. The first kappa shape index (κ1) is 16.5. The van der Waals surface area contributed by atoms with E-state index in [1.54, 1.807) is 0 Å². The Morgan fingerprint density at radius 1 is 1.33 bits per heavy atom. The first-order chi connectivity index (χ1) is 9.73. The van der Waals surface area contributed by atoms with Crippen LogP contribution in [-0.4, -0.2) is 5.78 Å². The molecule has 21 heavy (non-hydrogen) atoms. The second kappa shape index (κ2) is 5.74. The summed E-state index contributed by atoms with van der Waals surface area (Å²) in [6, 6.07) is 0. The molecule has 118 valence electrons. The third-order valence-electron chi connectivity index (χ3n) is 6.74. The quantitative estimate of drug-likeness (QED) is 0.621. The van der Waals surface area contributed by atoms with Gasteiger partial charge in [0.05, 0.1) is 0 Å². The van der Waals surface area contributed by atoms with E-state index < -0.39 is 0 Å². The minimum absolute atomic E-state index is 0.136. The molecule has 0 aromatic carbocycles. The van der Waals surface area contributed by atoms with Crippen LogP contribution < -0.4 is 0 Å². The number of fused-ring (bicyclic) bond motifs is 1. The maximum Gasteiger partial charge on any atom is 0.138 e. The number of carbonyl (C=O) groups excluding carboxylic acids is 1. The topological polar surface area (TPSA) is 17.1 Å². The van der Waals surface area contributed by atoms with E-state index in [1.807, 2.05) is 6.08 Å². The van der Waals surface area contributed by atoms with Gasteiger partial charge >= 0.3 is 0 Å². The Balaban J connectivity index is 2.31. The first-order valence-electron chi connectivity index (χ1n) is 8.56. The molecule has 0 amide bonds. The van der Waals surface area contributed by atoms with Crippen LogP contribution in [0.4, 0.5) is 0 Å². The molecule has 2 rings (SSSR count). The van der Waals surface area contributed by atoms with Gasteiger partial charge in [-0.3, -0.25) is 4.79 Å². The number of hydrogen-bond acceptors (Lipinski definition) is 1. The van der Waals surface area contributed by atoms with E-state index in [-0.39, 0.29) is 5.41 Å². The normalized spacial score (nSPS) is 39.8. The number of allylic oxidation sites excluding steroid dienone is 3. The number of Topliss-reactive ketones (excluding diaryl/α,β-unsaturated/α-hetero) is 1. The van der Waals surface area contributed by atoms with E-state index in [4.69, 9.17) is 0 Å². The molecule has 2 saturated carbocycles. The molecule has 2 fully saturated rings. The maximum atomic E-state index is 12.4. The van der Waals surface area contributed by atoms with Gasteiger partial charge < -0.3 is 0 Å². The van der Waals surface area contributed by atoms with Gasteiger partial charge in [-0.1, -0.05) is 58.4 Å². The number of carbonyl (C=O) groups is 1. The molecule has 0 aromatic rings. The highest BCUT2D eigenvalue weighted by Crippen LogP contribution is 2.60. The maximum absolute atomic E-state index is 12.4. The molecule has 0 aliphatic heterocycles. The van der Waals surface area contributed by atoms with E-state index in [2.05, 4.69) is 47.3 Å². The predicted molar refractivity (Wildman–Crippen MR) is 90.1 cm³/mol. The largest absolute Gasteiger partial charge is 0.299 e. The average Bonchev–Trinajstić information content (AvgIpc) is 2.42. The highest BCUT2D eigenvalue weighted by Gasteiger charge is 2.56. The van der Waals surface area contributed by atoms with Gasteiger partial charge in [0.2, 0.25) is 0 Å². The fraction of sp³-hybridized carbons (Fsp3) is 0.750. The zero-order valence-corrected chi connectivity index (χ0v) is 14.5. The standard InChI is InChI=1S/C20H32O/c1-7-14(2)8-10-16-15(3)9-11-17-19(4,5)18(21)12-13-20(16,17)6/h7-8,15-17H,1,9-13H2,2-6H3/b14-8-/t15-,16+,17+,20-/m1/s1. The van der Waals surface area contributed by atoms with Gasteiger partial charge in [-0.05, 0) is 49.4 Å². The van der Waals surface area contributed by atoms with Crippen molar-refractivity contribution >= 4 is 5.78 Å². The minimum atomic E-state index is -0.136. The van der Waals surface area contributed by atoms with Crippen molar-refractivity contribution in [1.29, 1.82) is 0 Å². The summed E-state index contributed by atoms with van der Waals surface area (Å²) in [5.74, 6) is 2.48. The van der Waals surface area contributed by atoms with Crippen LogP contribution in [-0.2, 0) is 4.79 Å². The third kappa shape index (κ3) is 2.76. The smallest absolute Gasteiger partial charge is 0.138 e. The van der Waals surface area contributed by atoms with Gasteiger partial charge in [0.15, 0.2) is 0 Å². The SMILES string of the molecule is C=C/C(C)=C\C[C@H]1[C@H](C)CC[C@H]2C(C)(C)C(=O)CC[C@]12C. The van der Waals surface area contributed by atoms with Crippen molar-refractivity contribution in [3.8, 4) is 0 Å². The van der Waals surface area contributed by atoms with Crippen LogP contribution in [0.3, 0.4) is 0 Å². The molecule has 0 bridgehead atoms. The molecule has 0 radical (unpaired) electrons. The Hall–Kier alpha value is -0.850. The molecule has 2 aliphatic carbocycles. The van der Waals surface area contributed by atoms with Crippen LogP contribution >= 0.6 is 0 Å². The van der Waals surface area contributed by atoms with Crippen LogP contribution in [0.15, 0.2) is 24.3 Å². The summed E-state index contributed by atoms with van der Waals surface area (Å²) >= 11 is 0. The van der Waals surface area contributed by atoms with Gasteiger partial charge in [-0.2, -0.15) is 0 Å². The van der Waals surface area contributed by atoms with Crippen LogP contribution in [0, 0.1) is 28.6 Å². The Morgan fingerprint density at radius 2 is 2.00 bits per heavy atom. The van der Waals surface area contributed by atoms with Crippen LogP contribution in [0.2, 0.25) is 0 Å². The summed E-state index contributed by atoms with van der Waals surface area (Å²) in [6.45, 7) is 15.2. The van der Waals surface area contributed by atoms with Gasteiger partial charge in [0, 0.05) is 11.8 Å². The zero-order valence-electron chi connectivity index (χ0n) is 14.5. The summed E-state index contributed by atoms with van der Waals surface area (Å²) in [5, 5.41) is 0. The summed E-state index contributed by atoms with van der Waals surface area (Å²) in [6.07, 6.45) is 9.77. The lowest BCUT2D eigenvalue weighted by Crippen LogP contribution is -2.54. The lowest BCUT2D eigenvalue weighted by atomic mass is 9.46. The fourth-order valence-electron chi connectivity index (χ4n) is 5.21. The van der Waals surface area contributed by atoms with Crippen molar-refractivity contribution in [3.63, 3.8) is 0 Å². The summed E-state index contributed by atoms with van der Waals surface area (Å²) in [7, 11) is 0. The number of rotatable bonds is 3. The molecule has 4 atom stereocenters. The fourth-order valence-corrected chi connectivity index (χ4v) is 5.21. The second-order valence-electron chi connectivity index (χ2n) is 8.25. The Morgan fingerprint density at radius 3 is 2.62 bits per heavy atom. The van der Waals surface area contributed by atoms with Gasteiger partial charge in [0.25, 0.3) is 0 Å². The molecule has 0 aromatic heterocycles. The highest BCUT2D eigenvalue weighted by atomic mass is 16.1. The molecule has 0 heterocycles. The molecule has 0 N–H and O–H groups in total. The number of hydrogen-bond donors (Lipinski definition) is 0. The van der Waals surface area contributed by atoms with Crippen molar-refractivity contribution in [2.75, 3.05) is 0 Å². The third-order valence-corrected chi connectivity index (χ3v) is 6.74. The number of ketones is 1. The summed E-state index contributed by atoms with van der Waals surface area (Å²) in [5.41, 5.74) is 1.45. The van der Waals surface area contributed by atoms with Gasteiger partial charge in [-0.25, -0.2) is 0 Å². The van der Waals surface area contributed by atoms with Crippen molar-refractivity contribution in [2.45, 2.75) is 66.7 Å². The molecule has 0 spiro atoms. The Labute approximate surface area is 130 Å². The molecular weight excluding hydrogens is 256 g/mol. The van der Waals surface area contributed by atoms with Gasteiger partial charge in [-0.15, -0.1) is 0 Å². The Bertz CT molecular complexity index is 456. The molecular formula is C20H32O. The van der Waals surface area contributed by atoms with Crippen molar-refractivity contribution < 1.29 is 4.79 Å². The van der Waals surface area contributed by atoms with E-state index in [0.717, 1.165) is 25.2 Å². The van der Waals surface area contributed by atoms with E-state index in [9.17, 15) is 4.79 Å². The lowest BCUT2D eigenvalue weighted by molar-refractivity contribution is -0.150. The summed E-state index contributed by atoms with van der Waals surface area (Å²) in [4.78, 5) is 12.4. The Kier molecular flexibility index (Phi) is 4.52. The molecule has 0 saturated heterocycles. The van der Waals surface area contributed by atoms with Crippen molar-refractivity contribution in [3.05, 3.63) is 24.3 Å². The lowest BCUT2D eigenvalue weighted by Gasteiger charge is -2.58. The molecule has 0 unspecified atom stereocenters. The minimum Gasteiger partial charge on any atom is -0.299 e. The van der Waals surface area contributed by atoms with E-state index in [1.165, 1.54) is 18.4 Å². The van der Waals surface area contributed by atoms with Crippen LogP contribution in [0.1, 0.15) is 66.7 Å². The first-order valence-corrected chi connectivity index (χ1v) is 8.56. The molecule has 1 nitrogen and oxygen atoms in total. The van der Waals surface area contributed by atoms with Crippen molar-refractivity contribution in [2.24, 2.45) is 28.6 Å². The average molecular weight is 288 g/mol. The van der Waals surface area contributed by atoms with Crippen molar-refractivity contribution in [1.82, 2.24) is 0 Å². The van der Waals surface area contributed by atoms with E-state index >= 15 is 0 Å². The van der Waals surface area contributed by atoms with E-state index in [0.29, 0.717) is 23.0 Å². The molecule has 1 heteroatoms. The van der Waals surface area contributed by atoms with Crippen LogP contribution in [0.25, 0.3) is 0 Å².